The summed E-state index contributed by atoms with van der Waals surface area (Å²) in [7, 11) is 1.31. The molecule has 0 aliphatic carbocycles. The smallest absolute Gasteiger partial charge is 0.390 e. The van der Waals surface area contributed by atoms with E-state index in [0.29, 0.717) is 5.56 Å². The van der Waals surface area contributed by atoms with Gasteiger partial charge >= 0.3 is 11.9 Å². The van der Waals surface area contributed by atoms with E-state index in [0.717, 1.165) is 0 Å². The summed E-state index contributed by atoms with van der Waals surface area (Å²) >= 11 is 0. The van der Waals surface area contributed by atoms with E-state index in [2.05, 4.69) is 5.32 Å². The molecule has 0 heterocycles. The van der Waals surface area contributed by atoms with Crippen molar-refractivity contribution in [2.24, 2.45) is 0 Å². The Labute approximate surface area is 107 Å². The molecule has 0 saturated carbocycles. The molecule has 1 aromatic rings. The number of hydrogen-bond donors (Lipinski definition) is 1. The minimum absolute atomic E-state index is 0.115. The van der Waals surface area contributed by atoms with Gasteiger partial charge in [0, 0.05) is 19.2 Å². The average molecular weight is 278 g/mol. The third kappa shape index (κ3) is 5.12. The fraction of sp³-hybridized carbons (Fsp3) is 0.455. The second kappa shape index (κ2) is 6.37. The standard InChI is InChI=1S/C11H13F3N2O3/c1-19-10-3-2-8(6-9(10)16(17)18)7-15-5-4-11(12,13)14/h2-3,6,15H,4-5,7H2,1H3. The third-order valence-corrected chi connectivity index (χ3v) is 2.35. The summed E-state index contributed by atoms with van der Waals surface area (Å²) in [5.41, 5.74) is 0.312. The highest BCUT2D eigenvalue weighted by molar-refractivity contribution is 5.48. The first-order chi connectivity index (χ1) is 8.83. The first-order valence-corrected chi connectivity index (χ1v) is 5.42. The van der Waals surface area contributed by atoms with Crippen LogP contribution in [0.1, 0.15) is 12.0 Å². The van der Waals surface area contributed by atoms with Crippen molar-refractivity contribution in [3.8, 4) is 5.75 Å². The van der Waals surface area contributed by atoms with Crippen molar-refractivity contribution in [3.05, 3.63) is 33.9 Å². The molecule has 0 spiro atoms. The Bertz CT molecular complexity index is 449. The van der Waals surface area contributed by atoms with Crippen LogP contribution in [0.2, 0.25) is 0 Å². The number of nitrogens with one attached hydrogen (secondary N) is 1. The van der Waals surface area contributed by atoms with Gasteiger partial charge in [-0.05, 0) is 11.6 Å². The number of alkyl halides is 3. The van der Waals surface area contributed by atoms with Crippen molar-refractivity contribution in [2.45, 2.75) is 19.1 Å². The van der Waals surface area contributed by atoms with Crippen molar-refractivity contribution in [2.75, 3.05) is 13.7 Å². The van der Waals surface area contributed by atoms with Gasteiger partial charge in [0.1, 0.15) is 0 Å². The largest absolute Gasteiger partial charge is 0.490 e. The Morgan fingerprint density at radius 3 is 2.63 bits per heavy atom. The lowest BCUT2D eigenvalue weighted by Gasteiger charge is -2.08. The molecule has 0 radical (unpaired) electrons. The maximum absolute atomic E-state index is 11.9. The van der Waals surface area contributed by atoms with Crippen LogP contribution in [-0.4, -0.2) is 24.8 Å². The van der Waals surface area contributed by atoms with E-state index < -0.39 is 17.5 Å². The average Bonchev–Trinajstić information content (AvgIpc) is 2.33. The fourth-order valence-corrected chi connectivity index (χ4v) is 1.45. The predicted molar refractivity (Wildman–Crippen MR) is 62.0 cm³/mol. The highest BCUT2D eigenvalue weighted by Gasteiger charge is 2.25. The lowest BCUT2D eigenvalue weighted by atomic mass is 10.2. The molecule has 0 bridgehead atoms. The zero-order chi connectivity index (χ0) is 14.5. The summed E-state index contributed by atoms with van der Waals surface area (Å²) in [5, 5.41) is 13.3. The molecule has 1 N–H and O–H groups in total. The molecule has 0 unspecified atom stereocenters. The number of nitrogens with zero attached hydrogens (tertiary/aromatic N) is 1. The maximum atomic E-state index is 11.9. The first kappa shape index (κ1) is 15.2. The van der Waals surface area contributed by atoms with E-state index in [1.807, 2.05) is 0 Å². The number of nitro groups is 1. The number of ether oxygens (including phenoxy) is 1. The van der Waals surface area contributed by atoms with Gasteiger partial charge in [0.25, 0.3) is 0 Å². The molecule has 1 rings (SSSR count). The minimum atomic E-state index is -4.21. The van der Waals surface area contributed by atoms with Crippen LogP contribution < -0.4 is 10.1 Å². The Balaban J connectivity index is 2.60. The van der Waals surface area contributed by atoms with Crippen molar-refractivity contribution < 1.29 is 22.8 Å². The summed E-state index contributed by atoms with van der Waals surface area (Å²) < 4.78 is 40.5. The van der Waals surface area contributed by atoms with Gasteiger partial charge in [-0.3, -0.25) is 10.1 Å². The van der Waals surface area contributed by atoms with Gasteiger partial charge in [0.05, 0.1) is 18.5 Å². The van der Waals surface area contributed by atoms with Crippen LogP contribution in [0, 0.1) is 10.1 Å². The van der Waals surface area contributed by atoms with E-state index in [4.69, 9.17) is 4.74 Å². The van der Waals surface area contributed by atoms with Crippen molar-refractivity contribution in [3.63, 3.8) is 0 Å². The van der Waals surface area contributed by atoms with Gasteiger partial charge in [-0.1, -0.05) is 6.07 Å². The molecule has 8 heteroatoms. The quantitative estimate of drug-likeness (QED) is 0.493. The lowest BCUT2D eigenvalue weighted by Crippen LogP contribution is -2.21. The molecule has 0 amide bonds. The molecular weight excluding hydrogens is 265 g/mol. The van der Waals surface area contributed by atoms with Crippen molar-refractivity contribution >= 4 is 5.69 Å². The summed E-state index contributed by atoms with van der Waals surface area (Å²) in [6.45, 7) is -0.107. The van der Waals surface area contributed by atoms with E-state index in [9.17, 15) is 23.3 Å². The molecule has 1 aromatic carbocycles. The van der Waals surface area contributed by atoms with Crippen LogP contribution in [0.25, 0.3) is 0 Å². The van der Waals surface area contributed by atoms with Gasteiger partial charge in [0.2, 0.25) is 0 Å². The zero-order valence-corrected chi connectivity index (χ0v) is 10.2. The summed E-state index contributed by atoms with van der Waals surface area (Å²) in [6, 6.07) is 4.25. The summed E-state index contributed by atoms with van der Waals surface area (Å²) in [6.07, 6.45) is -5.15. The number of halogens is 3. The number of hydrogen-bond acceptors (Lipinski definition) is 4. The summed E-state index contributed by atoms with van der Waals surface area (Å²) in [5.74, 6) is 0.115. The molecule has 0 atom stereocenters. The van der Waals surface area contributed by atoms with Gasteiger partial charge < -0.3 is 10.1 Å². The normalized spacial score (nSPS) is 11.4. The summed E-state index contributed by atoms with van der Waals surface area (Å²) in [4.78, 5) is 10.2. The predicted octanol–water partition coefficient (Wildman–Crippen LogP) is 2.65. The molecule has 5 nitrogen and oxygen atoms in total. The molecule has 19 heavy (non-hydrogen) atoms. The minimum Gasteiger partial charge on any atom is -0.490 e. The molecule has 0 saturated heterocycles. The monoisotopic (exact) mass is 278 g/mol. The molecule has 0 aromatic heterocycles. The van der Waals surface area contributed by atoms with E-state index in [1.165, 1.54) is 19.2 Å². The van der Waals surface area contributed by atoms with E-state index in [-0.39, 0.29) is 24.5 Å². The molecule has 0 fully saturated rings. The van der Waals surface area contributed by atoms with Gasteiger partial charge in [-0.25, -0.2) is 0 Å². The molecule has 0 aliphatic heterocycles. The highest BCUT2D eigenvalue weighted by atomic mass is 19.4. The number of methoxy groups -OCH3 is 1. The van der Waals surface area contributed by atoms with Crippen LogP contribution in [0.15, 0.2) is 18.2 Å². The van der Waals surface area contributed by atoms with Crippen LogP contribution >= 0.6 is 0 Å². The van der Waals surface area contributed by atoms with E-state index in [1.54, 1.807) is 6.07 Å². The number of nitro benzene ring substituents is 1. The topological polar surface area (TPSA) is 64.4 Å². The van der Waals surface area contributed by atoms with Crippen LogP contribution in [0.3, 0.4) is 0 Å². The molecule has 106 valence electrons. The fourth-order valence-electron chi connectivity index (χ4n) is 1.45. The first-order valence-electron chi connectivity index (χ1n) is 5.42. The van der Waals surface area contributed by atoms with Crippen molar-refractivity contribution in [1.29, 1.82) is 0 Å². The van der Waals surface area contributed by atoms with Gasteiger partial charge in [-0.15, -0.1) is 0 Å². The number of rotatable bonds is 6. The van der Waals surface area contributed by atoms with Gasteiger partial charge in [0.15, 0.2) is 5.75 Å². The van der Waals surface area contributed by atoms with Gasteiger partial charge in [-0.2, -0.15) is 13.2 Å². The Hall–Kier alpha value is -1.83. The number of benzene rings is 1. The van der Waals surface area contributed by atoms with E-state index >= 15 is 0 Å². The SMILES string of the molecule is COc1ccc(CNCCC(F)(F)F)cc1[N+](=O)[O-]. The zero-order valence-electron chi connectivity index (χ0n) is 10.2. The molecular formula is C11H13F3N2O3. The Morgan fingerprint density at radius 1 is 1.42 bits per heavy atom. The van der Waals surface area contributed by atoms with Crippen molar-refractivity contribution in [1.82, 2.24) is 5.32 Å². The maximum Gasteiger partial charge on any atom is 0.390 e. The van der Waals surface area contributed by atoms with Crippen LogP contribution in [0.4, 0.5) is 18.9 Å². The highest BCUT2D eigenvalue weighted by Crippen LogP contribution is 2.27. The van der Waals surface area contributed by atoms with Crippen LogP contribution in [-0.2, 0) is 6.54 Å². The second-order valence-electron chi connectivity index (χ2n) is 3.81. The third-order valence-electron chi connectivity index (χ3n) is 2.35. The Kier molecular flexibility index (Phi) is 5.11. The second-order valence-corrected chi connectivity index (χ2v) is 3.81. The van der Waals surface area contributed by atoms with Crippen LogP contribution in [0.5, 0.6) is 5.75 Å². The molecule has 0 aliphatic rings. The Morgan fingerprint density at radius 2 is 2.11 bits per heavy atom. The lowest BCUT2D eigenvalue weighted by molar-refractivity contribution is -0.385.